The summed E-state index contributed by atoms with van der Waals surface area (Å²) in [6.07, 6.45) is 0. The van der Waals surface area contributed by atoms with E-state index < -0.39 is 21.4 Å². The number of carbonyl (C=O) groups is 1. The molecule has 0 rings (SSSR count). The Morgan fingerprint density at radius 2 is 2.33 bits per heavy atom. The molecule has 4 nitrogen and oxygen atoms in total. The molecule has 0 spiro atoms. The summed E-state index contributed by atoms with van der Waals surface area (Å²) in [4.78, 5) is 9.53. The Bertz CT molecular complexity index is 71.9. The van der Waals surface area contributed by atoms with Crippen LogP contribution in [-0.2, 0) is 3.80 Å². The number of hydrogen-bond acceptors (Lipinski definition) is 2. The van der Waals surface area contributed by atoms with Crippen LogP contribution in [-0.4, -0.2) is 21.4 Å². The summed E-state index contributed by atoms with van der Waals surface area (Å²) in [7, 11) is 0. The van der Waals surface area contributed by atoms with Crippen LogP contribution in [0.1, 0.15) is 0 Å². The number of primary amides is 1. The summed E-state index contributed by atoms with van der Waals surface area (Å²) < 4.78 is 11.3. The standard InChI is InChI=1S/CH4N2O.Al.O/c2-1(3)4;;/h(H4,2,3,4);;/q;+1;/p-1. The third-order valence-electron chi connectivity index (χ3n) is 0.201. The molecule has 0 saturated carbocycles. The normalized spacial score (nSPS) is 6.00. The predicted molar refractivity (Wildman–Crippen MR) is 19.2 cm³/mol. The van der Waals surface area contributed by atoms with Crippen LogP contribution in [0.15, 0.2) is 0 Å². The number of nitrogens with two attached hydrogens (primary N) is 1. The van der Waals surface area contributed by atoms with Gasteiger partial charge in [0.25, 0.3) is 0 Å². The van der Waals surface area contributed by atoms with Gasteiger partial charge in [0, 0.05) is 0 Å². The van der Waals surface area contributed by atoms with E-state index in [1.807, 2.05) is 4.30 Å². The molecule has 0 aliphatic heterocycles. The Labute approximate surface area is 40.8 Å². The molecule has 32 valence electrons. The zero-order chi connectivity index (χ0) is 4.99. The van der Waals surface area contributed by atoms with Crippen LogP contribution in [0.5, 0.6) is 0 Å². The van der Waals surface area contributed by atoms with Crippen LogP contribution >= 0.6 is 0 Å². The molecule has 0 aliphatic carbocycles. The van der Waals surface area contributed by atoms with Crippen molar-refractivity contribution in [3.05, 3.63) is 0 Å². The molecule has 0 heterocycles. The SMILES string of the molecule is NC(=O)[NH][Al]=[O]. The second-order valence-electron chi connectivity index (χ2n) is 0.626. The number of carbonyl (C=O) groups excluding carboxylic acids is 1. The van der Waals surface area contributed by atoms with Crippen molar-refractivity contribution < 1.29 is 8.60 Å². The second kappa shape index (κ2) is 2.82. The number of rotatable bonds is 1. The van der Waals surface area contributed by atoms with E-state index in [0.717, 1.165) is 0 Å². The van der Waals surface area contributed by atoms with E-state index in [0.29, 0.717) is 0 Å². The molecule has 0 radical (unpaired) electrons. The molecule has 0 unspecified atom stereocenters. The van der Waals surface area contributed by atoms with E-state index in [1.165, 1.54) is 0 Å². The fourth-order valence-electron chi connectivity index (χ4n) is 0.0581. The van der Waals surface area contributed by atoms with Gasteiger partial charge in [0.1, 0.15) is 0 Å². The molecule has 0 bridgehead atoms. The zero-order valence-electron chi connectivity index (χ0n) is 2.97. The van der Waals surface area contributed by atoms with Gasteiger partial charge in [0.2, 0.25) is 0 Å². The van der Waals surface area contributed by atoms with Gasteiger partial charge in [-0.3, -0.25) is 0 Å². The molecule has 0 aliphatic rings. The summed E-state index contributed by atoms with van der Waals surface area (Å²) in [6, 6.07) is -0.736. The van der Waals surface area contributed by atoms with E-state index in [4.69, 9.17) is 0 Å². The molecule has 5 heteroatoms. The first kappa shape index (κ1) is 5.60. The summed E-state index contributed by atoms with van der Waals surface area (Å²) in [5, 5.41) is 0. The Kier molecular flexibility index (Phi) is 2.63. The first-order valence-electron chi connectivity index (χ1n) is 1.27. The van der Waals surface area contributed by atoms with Crippen molar-refractivity contribution in [2.45, 2.75) is 0 Å². The van der Waals surface area contributed by atoms with Gasteiger partial charge < -0.3 is 0 Å². The Balaban J connectivity index is 3.05. The van der Waals surface area contributed by atoms with Crippen LogP contribution in [0, 0.1) is 0 Å². The average molecular weight is 102 g/mol. The molecule has 2 amide bonds. The maximum atomic E-state index is 9.53. The minimum atomic E-state index is -1.22. The van der Waals surface area contributed by atoms with Crippen LogP contribution < -0.4 is 10.0 Å². The summed E-state index contributed by atoms with van der Waals surface area (Å²) >= 11 is -1.22. The Morgan fingerprint density at radius 3 is 2.33 bits per heavy atom. The molecular formula is CH3AlN2O2. The van der Waals surface area contributed by atoms with Gasteiger partial charge in [-0.1, -0.05) is 0 Å². The van der Waals surface area contributed by atoms with E-state index >= 15 is 0 Å². The topological polar surface area (TPSA) is 72.2 Å². The number of hydrogen-bond donors (Lipinski definition) is 2. The third-order valence-corrected chi connectivity index (χ3v) is 0.604. The van der Waals surface area contributed by atoms with Gasteiger partial charge in [-0.25, -0.2) is 0 Å². The molecule has 0 aromatic rings. The zero-order valence-corrected chi connectivity index (χ0v) is 4.13. The van der Waals surface area contributed by atoms with E-state index in [9.17, 15) is 8.60 Å². The van der Waals surface area contributed by atoms with E-state index in [1.54, 1.807) is 0 Å². The second-order valence-corrected chi connectivity index (χ2v) is 1.15. The van der Waals surface area contributed by atoms with Gasteiger partial charge in [0.15, 0.2) is 0 Å². The Hall–Kier alpha value is -0.398. The van der Waals surface area contributed by atoms with Crippen LogP contribution in [0.25, 0.3) is 0 Å². The van der Waals surface area contributed by atoms with Gasteiger partial charge >= 0.3 is 40.0 Å². The molecular weight excluding hydrogens is 99.0 g/mol. The fourth-order valence-corrected chi connectivity index (χ4v) is 0.174. The van der Waals surface area contributed by atoms with Crippen molar-refractivity contribution in [2.75, 3.05) is 0 Å². The molecule has 3 N–H and O–H groups in total. The van der Waals surface area contributed by atoms with Crippen molar-refractivity contribution in [1.82, 2.24) is 4.30 Å². The van der Waals surface area contributed by atoms with Crippen molar-refractivity contribution in [1.29, 1.82) is 0 Å². The summed E-state index contributed by atoms with van der Waals surface area (Å²) in [6.45, 7) is 0. The monoisotopic (exact) mass is 102 g/mol. The van der Waals surface area contributed by atoms with Crippen molar-refractivity contribution in [3.63, 3.8) is 0 Å². The van der Waals surface area contributed by atoms with Crippen molar-refractivity contribution in [2.24, 2.45) is 5.73 Å². The van der Waals surface area contributed by atoms with Gasteiger partial charge in [0.05, 0.1) is 0 Å². The average Bonchev–Trinajstić information content (AvgIpc) is 1.35. The Morgan fingerprint density at radius 1 is 1.83 bits per heavy atom. The van der Waals surface area contributed by atoms with Crippen molar-refractivity contribution in [3.8, 4) is 0 Å². The van der Waals surface area contributed by atoms with E-state index in [2.05, 4.69) is 5.73 Å². The molecule has 0 fully saturated rings. The number of urea groups is 1. The first-order valence-corrected chi connectivity index (χ1v) is 2.32. The van der Waals surface area contributed by atoms with Crippen LogP contribution in [0.4, 0.5) is 4.79 Å². The summed E-state index contributed by atoms with van der Waals surface area (Å²) in [5.41, 5.74) is 4.47. The quantitative estimate of drug-likeness (QED) is 0.400. The molecule has 0 saturated heterocycles. The van der Waals surface area contributed by atoms with Gasteiger partial charge in [-0.15, -0.1) is 0 Å². The number of amides is 2. The first-order chi connectivity index (χ1) is 2.77. The molecule has 6 heavy (non-hydrogen) atoms. The summed E-state index contributed by atoms with van der Waals surface area (Å²) in [5.74, 6) is 0. The van der Waals surface area contributed by atoms with Gasteiger partial charge in [-0.05, 0) is 0 Å². The van der Waals surface area contributed by atoms with Crippen LogP contribution in [0.2, 0.25) is 0 Å². The van der Waals surface area contributed by atoms with Crippen LogP contribution in [0.3, 0.4) is 0 Å². The molecule has 0 aromatic heterocycles. The predicted octanol–water partition coefficient (Wildman–Crippen LogP) is -1.38. The molecule has 0 atom stereocenters. The number of nitrogens with one attached hydrogen (secondary N) is 1. The van der Waals surface area contributed by atoms with E-state index in [-0.39, 0.29) is 0 Å². The fraction of sp³-hybridized carbons (Fsp3) is 0. The minimum absolute atomic E-state index is 0.736. The molecule has 0 aromatic carbocycles. The maximum absolute atomic E-state index is 9.53. The van der Waals surface area contributed by atoms with Crippen molar-refractivity contribution >= 4 is 21.4 Å². The van der Waals surface area contributed by atoms with Gasteiger partial charge in [-0.2, -0.15) is 0 Å². The third kappa shape index (κ3) is 3.60.